The van der Waals surface area contributed by atoms with Crippen molar-refractivity contribution in [1.29, 1.82) is 0 Å². The molecular weight excluding hydrogens is 228 g/mol. The first-order chi connectivity index (χ1) is 8.21. The minimum absolute atomic E-state index is 0.171. The third kappa shape index (κ3) is 1.87. The number of nitrogens with zero attached hydrogens (tertiary/aromatic N) is 1. The van der Waals surface area contributed by atoms with Crippen molar-refractivity contribution < 1.29 is 0 Å². The standard InChI is InChI=1S/C14H18N2S/c1-3-13-16-11-6-5-10(9-12(11)17-13)14(2)7-4-8-15-14/h5-6,9,15H,3-4,7-8H2,1-2H3. The van der Waals surface area contributed by atoms with Crippen LogP contribution in [0, 0.1) is 0 Å². The molecule has 0 amide bonds. The summed E-state index contributed by atoms with van der Waals surface area (Å²) in [5, 5.41) is 4.86. The molecule has 1 aliphatic heterocycles. The van der Waals surface area contributed by atoms with Crippen LogP contribution < -0.4 is 5.32 Å². The van der Waals surface area contributed by atoms with Gasteiger partial charge in [-0.15, -0.1) is 11.3 Å². The highest BCUT2D eigenvalue weighted by Gasteiger charge is 2.30. The summed E-state index contributed by atoms with van der Waals surface area (Å²) >= 11 is 1.83. The zero-order valence-electron chi connectivity index (χ0n) is 10.4. The van der Waals surface area contributed by atoms with Crippen LogP contribution in [0.1, 0.15) is 37.3 Å². The molecule has 1 N–H and O–H groups in total. The van der Waals surface area contributed by atoms with Crippen LogP contribution in [0.5, 0.6) is 0 Å². The fraction of sp³-hybridized carbons (Fsp3) is 0.500. The van der Waals surface area contributed by atoms with Crippen LogP contribution >= 0.6 is 11.3 Å². The van der Waals surface area contributed by atoms with Gasteiger partial charge in [0.25, 0.3) is 0 Å². The van der Waals surface area contributed by atoms with E-state index in [1.54, 1.807) is 0 Å². The van der Waals surface area contributed by atoms with Crippen molar-refractivity contribution in [3.8, 4) is 0 Å². The molecule has 1 fully saturated rings. The molecule has 1 aromatic carbocycles. The number of rotatable bonds is 2. The van der Waals surface area contributed by atoms with Gasteiger partial charge in [0.15, 0.2) is 0 Å². The van der Waals surface area contributed by atoms with Crippen LogP contribution in [0.15, 0.2) is 18.2 Å². The Kier molecular flexibility index (Phi) is 2.68. The first-order valence-electron chi connectivity index (χ1n) is 6.36. The SMILES string of the molecule is CCc1nc2ccc(C3(C)CCCN3)cc2s1. The number of nitrogens with one attached hydrogen (secondary N) is 1. The lowest BCUT2D eigenvalue weighted by Crippen LogP contribution is -2.32. The van der Waals surface area contributed by atoms with Gasteiger partial charge in [0.2, 0.25) is 0 Å². The Hall–Kier alpha value is -0.930. The normalized spacial score (nSPS) is 24.6. The maximum atomic E-state index is 4.62. The van der Waals surface area contributed by atoms with Crippen molar-refractivity contribution in [2.75, 3.05) is 6.54 Å². The topological polar surface area (TPSA) is 24.9 Å². The second kappa shape index (κ2) is 4.07. The zero-order chi connectivity index (χ0) is 11.9. The average molecular weight is 246 g/mol. The molecule has 17 heavy (non-hydrogen) atoms. The lowest BCUT2D eigenvalue weighted by molar-refractivity contribution is 0.435. The molecule has 0 spiro atoms. The summed E-state index contributed by atoms with van der Waals surface area (Å²) in [5.74, 6) is 0. The third-order valence-corrected chi connectivity index (χ3v) is 4.90. The number of hydrogen-bond acceptors (Lipinski definition) is 3. The second-order valence-electron chi connectivity index (χ2n) is 5.01. The summed E-state index contributed by atoms with van der Waals surface area (Å²) in [6, 6.07) is 6.73. The molecule has 1 aromatic heterocycles. The number of aromatic nitrogens is 1. The highest BCUT2D eigenvalue weighted by atomic mass is 32.1. The maximum Gasteiger partial charge on any atom is 0.0935 e. The van der Waals surface area contributed by atoms with E-state index in [4.69, 9.17) is 0 Å². The maximum absolute atomic E-state index is 4.62. The molecule has 3 rings (SSSR count). The molecule has 1 saturated heterocycles. The first-order valence-corrected chi connectivity index (χ1v) is 7.18. The summed E-state index contributed by atoms with van der Waals surface area (Å²) in [4.78, 5) is 4.62. The van der Waals surface area contributed by atoms with Crippen LogP contribution in [-0.2, 0) is 12.0 Å². The Balaban J connectivity index is 2.06. The minimum atomic E-state index is 0.171. The zero-order valence-corrected chi connectivity index (χ0v) is 11.2. The molecule has 1 unspecified atom stereocenters. The molecule has 0 aliphatic carbocycles. The van der Waals surface area contributed by atoms with Crippen molar-refractivity contribution in [2.24, 2.45) is 0 Å². The van der Waals surface area contributed by atoms with Gasteiger partial charge in [0.1, 0.15) is 0 Å². The third-order valence-electron chi connectivity index (χ3n) is 3.74. The van der Waals surface area contributed by atoms with Crippen molar-refractivity contribution in [1.82, 2.24) is 10.3 Å². The molecule has 2 heterocycles. The largest absolute Gasteiger partial charge is 0.308 e. The molecule has 0 saturated carbocycles. The predicted octanol–water partition coefficient (Wildman–Crippen LogP) is 3.46. The predicted molar refractivity (Wildman–Crippen MR) is 73.6 cm³/mol. The molecule has 1 aliphatic rings. The van der Waals surface area contributed by atoms with Gasteiger partial charge < -0.3 is 5.32 Å². The fourth-order valence-electron chi connectivity index (χ4n) is 2.61. The van der Waals surface area contributed by atoms with E-state index < -0.39 is 0 Å². The van der Waals surface area contributed by atoms with E-state index in [2.05, 4.69) is 42.3 Å². The quantitative estimate of drug-likeness (QED) is 0.878. The number of hydrogen-bond donors (Lipinski definition) is 1. The lowest BCUT2D eigenvalue weighted by Gasteiger charge is -2.24. The van der Waals surface area contributed by atoms with Gasteiger partial charge >= 0.3 is 0 Å². The molecule has 0 radical (unpaired) electrons. The highest BCUT2D eigenvalue weighted by molar-refractivity contribution is 7.18. The van der Waals surface area contributed by atoms with E-state index in [1.165, 1.54) is 28.1 Å². The van der Waals surface area contributed by atoms with Gasteiger partial charge in [-0.25, -0.2) is 4.98 Å². The highest BCUT2D eigenvalue weighted by Crippen LogP contribution is 2.33. The summed E-state index contributed by atoms with van der Waals surface area (Å²) < 4.78 is 1.33. The van der Waals surface area contributed by atoms with E-state index in [0.717, 1.165) is 18.5 Å². The molecular formula is C14H18N2S. The summed E-state index contributed by atoms with van der Waals surface area (Å²) in [6.45, 7) is 5.61. The molecule has 1 atom stereocenters. The lowest BCUT2D eigenvalue weighted by atomic mass is 9.90. The number of aryl methyl sites for hydroxylation is 1. The van der Waals surface area contributed by atoms with Crippen molar-refractivity contribution in [3.05, 3.63) is 28.8 Å². The van der Waals surface area contributed by atoms with Crippen molar-refractivity contribution in [2.45, 2.75) is 38.6 Å². The summed E-state index contributed by atoms with van der Waals surface area (Å²) in [7, 11) is 0. The van der Waals surface area contributed by atoms with Crippen LogP contribution in [0.3, 0.4) is 0 Å². The fourth-order valence-corrected chi connectivity index (χ4v) is 3.55. The van der Waals surface area contributed by atoms with Crippen LogP contribution in [0.4, 0.5) is 0 Å². The Labute approximate surface area is 106 Å². The Morgan fingerprint density at radius 3 is 3.06 bits per heavy atom. The van der Waals surface area contributed by atoms with E-state index >= 15 is 0 Å². The number of thiazole rings is 1. The summed E-state index contributed by atoms with van der Waals surface area (Å²) in [6.07, 6.45) is 3.54. The monoisotopic (exact) mass is 246 g/mol. The number of benzene rings is 1. The van der Waals surface area contributed by atoms with Crippen LogP contribution in [0.2, 0.25) is 0 Å². The van der Waals surface area contributed by atoms with E-state index in [-0.39, 0.29) is 5.54 Å². The molecule has 0 bridgehead atoms. The molecule has 2 nitrogen and oxygen atoms in total. The first kappa shape index (κ1) is 11.2. The Morgan fingerprint density at radius 1 is 1.47 bits per heavy atom. The average Bonchev–Trinajstić information content (AvgIpc) is 2.94. The van der Waals surface area contributed by atoms with E-state index in [9.17, 15) is 0 Å². The van der Waals surface area contributed by atoms with Gasteiger partial charge in [0, 0.05) is 5.54 Å². The smallest absolute Gasteiger partial charge is 0.0935 e. The Morgan fingerprint density at radius 2 is 2.35 bits per heavy atom. The van der Waals surface area contributed by atoms with E-state index in [1.807, 2.05) is 11.3 Å². The molecule has 2 aromatic rings. The summed E-state index contributed by atoms with van der Waals surface area (Å²) in [5.41, 5.74) is 2.73. The molecule has 3 heteroatoms. The van der Waals surface area contributed by atoms with Gasteiger partial charge in [-0.3, -0.25) is 0 Å². The van der Waals surface area contributed by atoms with Gasteiger partial charge in [-0.1, -0.05) is 13.0 Å². The van der Waals surface area contributed by atoms with Gasteiger partial charge in [-0.2, -0.15) is 0 Å². The number of fused-ring (bicyclic) bond motifs is 1. The van der Waals surface area contributed by atoms with E-state index in [0.29, 0.717) is 0 Å². The van der Waals surface area contributed by atoms with Crippen LogP contribution in [-0.4, -0.2) is 11.5 Å². The minimum Gasteiger partial charge on any atom is -0.308 e. The van der Waals surface area contributed by atoms with Crippen LogP contribution in [0.25, 0.3) is 10.2 Å². The second-order valence-corrected chi connectivity index (χ2v) is 6.12. The van der Waals surface area contributed by atoms with Gasteiger partial charge in [-0.05, 0) is 50.4 Å². The van der Waals surface area contributed by atoms with Gasteiger partial charge in [0.05, 0.1) is 15.2 Å². The van der Waals surface area contributed by atoms with Crippen molar-refractivity contribution >= 4 is 21.6 Å². The van der Waals surface area contributed by atoms with Crippen molar-refractivity contribution in [3.63, 3.8) is 0 Å². The molecule has 90 valence electrons. The Bertz CT molecular complexity index is 538.